The summed E-state index contributed by atoms with van der Waals surface area (Å²) in [7, 11) is 0. The van der Waals surface area contributed by atoms with Gasteiger partial charge >= 0.3 is 11.9 Å². The fourth-order valence-corrected chi connectivity index (χ4v) is 0.416. The van der Waals surface area contributed by atoms with Gasteiger partial charge in [0, 0.05) is 6.08 Å². The second-order valence-electron chi connectivity index (χ2n) is 1.92. The molecule has 0 aliphatic carbocycles. The van der Waals surface area contributed by atoms with Crippen LogP contribution in [0.4, 0.5) is 0 Å². The van der Waals surface area contributed by atoms with E-state index in [1.54, 1.807) is 0 Å². The maximum atomic E-state index is 10.1. The Hall–Kier alpha value is -1.36. The van der Waals surface area contributed by atoms with Gasteiger partial charge in [-0.25, -0.2) is 4.79 Å². The van der Waals surface area contributed by atoms with Gasteiger partial charge < -0.3 is 15.9 Å². The molecular formula is C6H9NO4. The van der Waals surface area contributed by atoms with E-state index in [2.05, 4.69) is 0 Å². The fraction of sp³-hybridized carbons (Fsp3) is 0.333. The smallest absolute Gasteiger partial charge is 0.327 e. The molecule has 4 N–H and O–H groups in total. The molecule has 5 heteroatoms. The highest BCUT2D eigenvalue weighted by Gasteiger charge is 2.07. The van der Waals surface area contributed by atoms with E-state index in [1.165, 1.54) is 6.08 Å². The van der Waals surface area contributed by atoms with E-state index in [1.807, 2.05) is 0 Å². The predicted molar refractivity (Wildman–Crippen MR) is 37.0 cm³/mol. The first kappa shape index (κ1) is 9.64. The van der Waals surface area contributed by atoms with Crippen LogP contribution in [0.25, 0.3) is 0 Å². The molecule has 0 spiro atoms. The van der Waals surface area contributed by atoms with Crippen LogP contribution in [0.3, 0.4) is 0 Å². The summed E-state index contributed by atoms with van der Waals surface area (Å²) in [4.78, 5) is 19.9. The van der Waals surface area contributed by atoms with Crippen molar-refractivity contribution in [2.24, 2.45) is 5.73 Å². The molecule has 0 aliphatic heterocycles. The van der Waals surface area contributed by atoms with Gasteiger partial charge in [-0.15, -0.1) is 0 Å². The zero-order chi connectivity index (χ0) is 8.85. The Morgan fingerprint density at radius 3 is 2.36 bits per heavy atom. The summed E-state index contributed by atoms with van der Waals surface area (Å²) in [5, 5.41) is 16.3. The van der Waals surface area contributed by atoms with Crippen LogP contribution in [0.5, 0.6) is 0 Å². The molecule has 0 bridgehead atoms. The summed E-state index contributed by atoms with van der Waals surface area (Å²) < 4.78 is 0. The molecule has 0 aromatic rings. The van der Waals surface area contributed by atoms with Crippen LogP contribution < -0.4 is 5.73 Å². The SMILES string of the molecule is NC(C/C=C/C(=O)O)C(=O)O. The Bertz CT molecular complexity index is 187. The summed E-state index contributed by atoms with van der Waals surface area (Å²) in [6, 6.07) is -1.02. The molecule has 0 rings (SSSR count). The summed E-state index contributed by atoms with van der Waals surface area (Å²) in [6.45, 7) is 0. The number of hydrogen-bond acceptors (Lipinski definition) is 3. The molecular weight excluding hydrogens is 150 g/mol. The summed E-state index contributed by atoms with van der Waals surface area (Å²) >= 11 is 0. The highest BCUT2D eigenvalue weighted by molar-refractivity contribution is 5.80. The molecule has 0 aromatic heterocycles. The van der Waals surface area contributed by atoms with Crippen LogP contribution in [0.1, 0.15) is 6.42 Å². The lowest BCUT2D eigenvalue weighted by Gasteiger charge is -1.99. The Labute approximate surface area is 63.1 Å². The van der Waals surface area contributed by atoms with Crippen molar-refractivity contribution in [1.29, 1.82) is 0 Å². The van der Waals surface area contributed by atoms with Crippen LogP contribution in [-0.4, -0.2) is 28.2 Å². The van der Waals surface area contributed by atoms with Crippen molar-refractivity contribution >= 4 is 11.9 Å². The van der Waals surface area contributed by atoms with Gasteiger partial charge in [0.1, 0.15) is 6.04 Å². The van der Waals surface area contributed by atoms with Gasteiger partial charge in [-0.05, 0) is 6.42 Å². The predicted octanol–water partition coefficient (Wildman–Crippen LogP) is -0.571. The van der Waals surface area contributed by atoms with Gasteiger partial charge in [-0.2, -0.15) is 0 Å². The maximum Gasteiger partial charge on any atom is 0.327 e. The van der Waals surface area contributed by atoms with E-state index < -0.39 is 18.0 Å². The van der Waals surface area contributed by atoms with Crippen molar-refractivity contribution in [3.8, 4) is 0 Å². The molecule has 0 radical (unpaired) electrons. The van der Waals surface area contributed by atoms with Crippen LogP contribution in [0.15, 0.2) is 12.2 Å². The van der Waals surface area contributed by atoms with Crippen LogP contribution in [0.2, 0.25) is 0 Å². The number of rotatable bonds is 4. The van der Waals surface area contributed by atoms with Gasteiger partial charge in [0.05, 0.1) is 0 Å². The minimum absolute atomic E-state index is 0.0294. The molecule has 0 saturated carbocycles. The first-order valence-electron chi connectivity index (χ1n) is 2.92. The summed E-state index contributed by atoms with van der Waals surface area (Å²) in [5.41, 5.74) is 5.06. The number of nitrogens with two attached hydrogens (primary N) is 1. The van der Waals surface area contributed by atoms with Crippen molar-refractivity contribution in [2.75, 3.05) is 0 Å². The van der Waals surface area contributed by atoms with Crippen molar-refractivity contribution in [1.82, 2.24) is 0 Å². The fourth-order valence-electron chi connectivity index (χ4n) is 0.416. The van der Waals surface area contributed by atoms with Gasteiger partial charge in [0.25, 0.3) is 0 Å². The lowest BCUT2D eigenvalue weighted by Crippen LogP contribution is -2.29. The Morgan fingerprint density at radius 1 is 1.45 bits per heavy atom. The van der Waals surface area contributed by atoms with Crippen molar-refractivity contribution in [2.45, 2.75) is 12.5 Å². The molecule has 62 valence electrons. The third kappa shape index (κ3) is 5.10. The molecule has 5 nitrogen and oxygen atoms in total. The van der Waals surface area contributed by atoms with E-state index in [4.69, 9.17) is 15.9 Å². The lowest BCUT2D eigenvalue weighted by molar-refractivity contribution is -0.138. The molecule has 0 aliphatic rings. The standard InChI is InChI=1S/C6H9NO4/c7-4(6(10)11)2-1-3-5(8)9/h1,3-4H,2,7H2,(H,8,9)(H,10,11)/b3-1+. The third-order valence-electron chi connectivity index (χ3n) is 0.968. The van der Waals surface area contributed by atoms with Crippen molar-refractivity contribution in [3.05, 3.63) is 12.2 Å². The van der Waals surface area contributed by atoms with E-state index in [-0.39, 0.29) is 6.42 Å². The summed E-state index contributed by atoms with van der Waals surface area (Å²) in [6.07, 6.45) is 2.10. The molecule has 0 aromatic carbocycles. The average Bonchev–Trinajstić information content (AvgIpc) is 1.86. The highest BCUT2D eigenvalue weighted by Crippen LogP contribution is 1.89. The first-order chi connectivity index (χ1) is 5.04. The largest absolute Gasteiger partial charge is 0.480 e. The van der Waals surface area contributed by atoms with Gasteiger partial charge in [-0.1, -0.05) is 6.08 Å². The summed E-state index contributed by atoms with van der Waals surface area (Å²) in [5.74, 6) is -2.25. The van der Waals surface area contributed by atoms with E-state index in [0.717, 1.165) is 6.08 Å². The van der Waals surface area contributed by atoms with E-state index in [9.17, 15) is 9.59 Å². The topological polar surface area (TPSA) is 101 Å². The second-order valence-corrected chi connectivity index (χ2v) is 1.92. The molecule has 1 unspecified atom stereocenters. The molecule has 1 atom stereocenters. The number of carbonyl (C=O) groups is 2. The third-order valence-corrected chi connectivity index (χ3v) is 0.968. The first-order valence-corrected chi connectivity index (χ1v) is 2.92. The van der Waals surface area contributed by atoms with Gasteiger partial charge in [0.15, 0.2) is 0 Å². The monoisotopic (exact) mass is 159 g/mol. The molecule has 0 saturated heterocycles. The van der Waals surface area contributed by atoms with Gasteiger partial charge in [0.2, 0.25) is 0 Å². The van der Waals surface area contributed by atoms with Crippen molar-refractivity contribution < 1.29 is 19.8 Å². The minimum atomic E-state index is -1.14. The van der Waals surface area contributed by atoms with Crippen LogP contribution in [0, 0.1) is 0 Å². The van der Waals surface area contributed by atoms with Gasteiger partial charge in [-0.3, -0.25) is 4.79 Å². The zero-order valence-electron chi connectivity index (χ0n) is 5.73. The number of aliphatic carboxylic acids is 2. The molecule has 0 fully saturated rings. The zero-order valence-corrected chi connectivity index (χ0v) is 5.73. The number of hydrogen-bond donors (Lipinski definition) is 3. The lowest BCUT2D eigenvalue weighted by atomic mass is 10.2. The minimum Gasteiger partial charge on any atom is -0.480 e. The second kappa shape index (κ2) is 4.45. The number of carboxylic acid groups (broad SMARTS) is 2. The maximum absolute atomic E-state index is 10.1. The Kier molecular flexibility index (Phi) is 3.90. The quantitative estimate of drug-likeness (QED) is 0.477. The van der Waals surface area contributed by atoms with E-state index >= 15 is 0 Å². The Morgan fingerprint density at radius 2 is 2.00 bits per heavy atom. The van der Waals surface area contributed by atoms with Crippen LogP contribution >= 0.6 is 0 Å². The van der Waals surface area contributed by atoms with E-state index in [0.29, 0.717) is 0 Å². The normalized spacial score (nSPS) is 13.2. The highest BCUT2D eigenvalue weighted by atomic mass is 16.4. The molecule has 0 heterocycles. The van der Waals surface area contributed by atoms with Crippen LogP contribution in [-0.2, 0) is 9.59 Å². The molecule has 11 heavy (non-hydrogen) atoms. The number of carboxylic acids is 2. The van der Waals surface area contributed by atoms with Crippen molar-refractivity contribution in [3.63, 3.8) is 0 Å². The Balaban J connectivity index is 3.70. The average molecular weight is 159 g/mol. The molecule has 0 amide bonds.